The van der Waals surface area contributed by atoms with E-state index in [1.54, 1.807) is 0 Å². The summed E-state index contributed by atoms with van der Waals surface area (Å²) in [5, 5.41) is 8.68. The zero-order valence-electron chi connectivity index (χ0n) is 5.38. The lowest BCUT2D eigenvalue weighted by Crippen LogP contribution is -2.01. The molecule has 0 bridgehead atoms. The quantitative estimate of drug-likeness (QED) is 0.521. The molecule has 0 spiro atoms. The van der Waals surface area contributed by atoms with Gasteiger partial charge in [0.2, 0.25) is 6.04 Å². The predicted octanol–water partition coefficient (Wildman–Crippen LogP) is 1.07. The van der Waals surface area contributed by atoms with Crippen molar-refractivity contribution in [2.24, 2.45) is 5.92 Å². The van der Waals surface area contributed by atoms with E-state index in [0.717, 1.165) is 19.3 Å². The van der Waals surface area contributed by atoms with Crippen LogP contribution in [-0.4, -0.2) is 17.8 Å². The van der Waals surface area contributed by atoms with Crippen LogP contribution in [0.1, 0.15) is 19.3 Å². The second-order valence-electron chi connectivity index (χ2n) is 2.64. The summed E-state index contributed by atoms with van der Waals surface area (Å²) in [6.07, 6.45) is 2.96. The highest BCUT2D eigenvalue weighted by molar-refractivity contribution is 4.87. The lowest BCUT2D eigenvalue weighted by Gasteiger charge is -1.98. The van der Waals surface area contributed by atoms with E-state index in [1.807, 2.05) is 0 Å². The molecule has 1 saturated carbocycles. The zero-order chi connectivity index (χ0) is 6.69. The summed E-state index contributed by atoms with van der Waals surface area (Å²) in [4.78, 5) is 3.42. The molecule has 2 heteroatoms. The molecule has 0 aromatic heterocycles. The first-order valence-corrected chi connectivity index (χ1v) is 3.34. The maximum Gasteiger partial charge on any atom is 0.224 e. The largest absolute Gasteiger partial charge is 0.396 e. The van der Waals surface area contributed by atoms with E-state index in [4.69, 9.17) is 11.7 Å². The molecule has 1 fully saturated rings. The van der Waals surface area contributed by atoms with Crippen molar-refractivity contribution in [3.8, 4) is 0 Å². The maximum absolute atomic E-state index is 8.68. The van der Waals surface area contributed by atoms with E-state index in [1.165, 1.54) is 0 Å². The Hall–Kier alpha value is -0.550. The Morgan fingerprint density at radius 1 is 1.56 bits per heavy atom. The van der Waals surface area contributed by atoms with Gasteiger partial charge in [-0.15, -0.1) is 0 Å². The molecule has 0 aromatic rings. The van der Waals surface area contributed by atoms with Crippen molar-refractivity contribution in [3.05, 3.63) is 11.4 Å². The molecular formula is C7H11NO. The molecule has 0 radical (unpaired) electrons. The van der Waals surface area contributed by atoms with Crippen LogP contribution in [0.3, 0.4) is 0 Å². The van der Waals surface area contributed by atoms with Crippen molar-refractivity contribution >= 4 is 0 Å². The number of nitrogens with zero attached hydrogens (tertiary/aromatic N) is 1. The molecule has 1 aliphatic carbocycles. The van der Waals surface area contributed by atoms with Gasteiger partial charge >= 0.3 is 0 Å². The van der Waals surface area contributed by atoms with Crippen molar-refractivity contribution in [3.63, 3.8) is 0 Å². The van der Waals surface area contributed by atoms with Crippen LogP contribution >= 0.6 is 0 Å². The molecule has 0 saturated heterocycles. The fourth-order valence-corrected chi connectivity index (χ4v) is 1.33. The van der Waals surface area contributed by atoms with Gasteiger partial charge in [0, 0.05) is 19.4 Å². The van der Waals surface area contributed by atoms with E-state index >= 15 is 0 Å². The smallest absolute Gasteiger partial charge is 0.224 e. The monoisotopic (exact) mass is 125 g/mol. The van der Waals surface area contributed by atoms with Crippen LogP contribution < -0.4 is 0 Å². The fraction of sp³-hybridized carbons (Fsp3) is 0.857. The van der Waals surface area contributed by atoms with Crippen molar-refractivity contribution in [1.29, 1.82) is 0 Å². The predicted molar refractivity (Wildman–Crippen MR) is 34.8 cm³/mol. The van der Waals surface area contributed by atoms with Crippen molar-refractivity contribution in [1.82, 2.24) is 0 Å². The van der Waals surface area contributed by atoms with Gasteiger partial charge in [-0.1, -0.05) is 0 Å². The second kappa shape index (κ2) is 2.84. The van der Waals surface area contributed by atoms with Gasteiger partial charge in [-0.3, -0.25) is 0 Å². The third kappa shape index (κ3) is 1.43. The van der Waals surface area contributed by atoms with Crippen LogP contribution in [0.15, 0.2) is 0 Å². The maximum atomic E-state index is 8.68. The van der Waals surface area contributed by atoms with Crippen molar-refractivity contribution in [2.75, 3.05) is 6.61 Å². The minimum atomic E-state index is 0.210. The molecule has 2 atom stereocenters. The normalized spacial score (nSPS) is 34.2. The molecule has 50 valence electrons. The van der Waals surface area contributed by atoms with Gasteiger partial charge in [0.15, 0.2) is 0 Å². The summed E-state index contributed by atoms with van der Waals surface area (Å²) in [6.45, 7) is 6.98. The van der Waals surface area contributed by atoms with Gasteiger partial charge in [-0.2, -0.15) is 0 Å². The highest BCUT2D eigenvalue weighted by Crippen LogP contribution is 2.26. The van der Waals surface area contributed by atoms with Gasteiger partial charge in [0.25, 0.3) is 0 Å². The molecule has 0 aromatic carbocycles. The third-order valence-corrected chi connectivity index (χ3v) is 1.95. The second-order valence-corrected chi connectivity index (χ2v) is 2.64. The third-order valence-electron chi connectivity index (χ3n) is 1.95. The lowest BCUT2D eigenvalue weighted by molar-refractivity contribution is 0.229. The minimum absolute atomic E-state index is 0.210. The summed E-state index contributed by atoms with van der Waals surface area (Å²) in [5.74, 6) is 0.420. The Balaban J connectivity index is 2.31. The van der Waals surface area contributed by atoms with Crippen LogP contribution in [0.25, 0.3) is 4.85 Å². The molecule has 0 aliphatic heterocycles. The fourth-order valence-electron chi connectivity index (χ4n) is 1.33. The van der Waals surface area contributed by atoms with Crippen LogP contribution in [-0.2, 0) is 0 Å². The van der Waals surface area contributed by atoms with E-state index in [0.29, 0.717) is 5.92 Å². The average molecular weight is 125 g/mol. The van der Waals surface area contributed by atoms with E-state index in [-0.39, 0.29) is 12.6 Å². The van der Waals surface area contributed by atoms with Gasteiger partial charge < -0.3 is 9.95 Å². The number of hydrogen-bond donors (Lipinski definition) is 1. The Labute approximate surface area is 55.3 Å². The van der Waals surface area contributed by atoms with Crippen molar-refractivity contribution in [2.45, 2.75) is 25.3 Å². The van der Waals surface area contributed by atoms with E-state index in [2.05, 4.69) is 4.85 Å². The van der Waals surface area contributed by atoms with Gasteiger partial charge in [0.1, 0.15) is 0 Å². The summed E-state index contributed by atoms with van der Waals surface area (Å²) >= 11 is 0. The zero-order valence-corrected chi connectivity index (χ0v) is 5.38. The number of aliphatic hydroxyl groups excluding tert-OH is 1. The van der Waals surface area contributed by atoms with Crippen molar-refractivity contribution < 1.29 is 5.11 Å². The Kier molecular flexibility index (Phi) is 2.07. The highest BCUT2D eigenvalue weighted by Gasteiger charge is 2.27. The first-order valence-electron chi connectivity index (χ1n) is 3.34. The molecule has 1 aliphatic rings. The Morgan fingerprint density at radius 3 is 2.67 bits per heavy atom. The summed E-state index contributed by atoms with van der Waals surface area (Å²) < 4.78 is 0. The Morgan fingerprint density at radius 2 is 2.33 bits per heavy atom. The van der Waals surface area contributed by atoms with Crippen LogP contribution in [0, 0.1) is 12.5 Å². The molecule has 1 rings (SSSR count). The van der Waals surface area contributed by atoms with Gasteiger partial charge in [-0.25, -0.2) is 6.57 Å². The summed E-state index contributed by atoms with van der Waals surface area (Å²) in [7, 11) is 0. The van der Waals surface area contributed by atoms with Gasteiger partial charge in [-0.05, 0) is 12.3 Å². The summed E-state index contributed by atoms with van der Waals surface area (Å²) in [6, 6.07) is 0.210. The average Bonchev–Trinajstić information content (AvgIpc) is 2.34. The molecule has 9 heavy (non-hydrogen) atoms. The first kappa shape index (κ1) is 6.57. The number of aliphatic hydroxyl groups is 1. The lowest BCUT2D eigenvalue weighted by atomic mass is 10.1. The minimum Gasteiger partial charge on any atom is -0.396 e. The van der Waals surface area contributed by atoms with Crippen LogP contribution in [0.2, 0.25) is 0 Å². The molecule has 0 amide bonds. The Bertz CT molecular complexity index is 127. The summed E-state index contributed by atoms with van der Waals surface area (Å²) in [5.41, 5.74) is 0. The number of rotatable bonds is 1. The first-order chi connectivity index (χ1) is 4.36. The van der Waals surface area contributed by atoms with Crippen LogP contribution in [0.5, 0.6) is 0 Å². The molecule has 0 unspecified atom stereocenters. The standard InChI is InChI=1S/C7H11NO/c1-8-7-3-2-6(4-7)5-9/h6-7,9H,2-5H2/t6-,7+/m0/s1. The number of hydrogen-bond acceptors (Lipinski definition) is 1. The SMILES string of the molecule is [C-]#[N+][C@@H]1CC[C@H](CO)C1. The van der Waals surface area contributed by atoms with E-state index in [9.17, 15) is 0 Å². The molecular weight excluding hydrogens is 114 g/mol. The van der Waals surface area contributed by atoms with Gasteiger partial charge in [0.05, 0.1) is 0 Å². The molecule has 0 heterocycles. The molecule has 1 N–H and O–H groups in total. The topological polar surface area (TPSA) is 24.6 Å². The highest BCUT2D eigenvalue weighted by atomic mass is 16.3. The van der Waals surface area contributed by atoms with E-state index < -0.39 is 0 Å². The van der Waals surface area contributed by atoms with Crippen LogP contribution in [0.4, 0.5) is 0 Å². The molecule has 2 nitrogen and oxygen atoms in total.